The SMILES string of the molecule is Cc1nc(N(C)CC2CC2C)sc1CNC(C)C. The van der Waals surface area contributed by atoms with Crippen LogP contribution in [-0.4, -0.2) is 24.6 Å². The standard InChI is InChI=1S/C14H25N3S/c1-9(2)15-7-13-11(4)16-14(18-13)17(5)8-12-6-10(12)3/h9-10,12,15H,6-8H2,1-5H3. The second-order valence-corrected chi connectivity index (χ2v) is 6.96. The van der Waals surface area contributed by atoms with Crippen molar-refractivity contribution in [3.05, 3.63) is 10.6 Å². The first-order valence-electron chi connectivity index (χ1n) is 6.88. The molecule has 1 heterocycles. The van der Waals surface area contributed by atoms with Crippen LogP contribution in [-0.2, 0) is 6.54 Å². The van der Waals surface area contributed by atoms with Gasteiger partial charge in [-0.15, -0.1) is 11.3 Å². The molecule has 1 saturated carbocycles. The molecule has 2 atom stereocenters. The maximum Gasteiger partial charge on any atom is 0.185 e. The normalized spacial score (nSPS) is 22.6. The van der Waals surface area contributed by atoms with Crippen LogP contribution in [0.2, 0.25) is 0 Å². The molecule has 0 bridgehead atoms. The lowest BCUT2D eigenvalue weighted by Crippen LogP contribution is -2.21. The topological polar surface area (TPSA) is 28.2 Å². The van der Waals surface area contributed by atoms with Gasteiger partial charge in [0, 0.05) is 31.1 Å². The number of nitrogens with one attached hydrogen (secondary N) is 1. The summed E-state index contributed by atoms with van der Waals surface area (Å²) in [5.74, 6) is 1.80. The minimum Gasteiger partial charge on any atom is -0.351 e. The van der Waals surface area contributed by atoms with Crippen LogP contribution in [0.5, 0.6) is 0 Å². The molecule has 0 aliphatic heterocycles. The molecule has 18 heavy (non-hydrogen) atoms. The summed E-state index contributed by atoms with van der Waals surface area (Å²) in [5.41, 5.74) is 1.18. The summed E-state index contributed by atoms with van der Waals surface area (Å²) in [5, 5.41) is 4.64. The lowest BCUT2D eigenvalue weighted by Gasteiger charge is -2.15. The Hall–Kier alpha value is -0.610. The number of anilines is 1. The largest absolute Gasteiger partial charge is 0.351 e. The van der Waals surface area contributed by atoms with E-state index in [2.05, 4.69) is 45.0 Å². The van der Waals surface area contributed by atoms with Crippen LogP contribution >= 0.6 is 11.3 Å². The molecule has 1 aromatic heterocycles. The van der Waals surface area contributed by atoms with Gasteiger partial charge in [0.2, 0.25) is 0 Å². The first-order chi connectivity index (χ1) is 8.47. The third-order valence-electron chi connectivity index (χ3n) is 3.66. The first-order valence-corrected chi connectivity index (χ1v) is 7.69. The van der Waals surface area contributed by atoms with Crippen molar-refractivity contribution < 1.29 is 0 Å². The Kier molecular flexibility index (Phi) is 4.28. The van der Waals surface area contributed by atoms with Crippen LogP contribution in [0.4, 0.5) is 5.13 Å². The van der Waals surface area contributed by atoms with Crippen molar-refractivity contribution in [3.63, 3.8) is 0 Å². The Morgan fingerprint density at radius 1 is 1.50 bits per heavy atom. The quantitative estimate of drug-likeness (QED) is 0.858. The molecule has 1 N–H and O–H groups in total. The third kappa shape index (κ3) is 3.45. The highest BCUT2D eigenvalue weighted by Crippen LogP contribution is 2.39. The molecule has 0 aromatic carbocycles. The molecule has 2 rings (SSSR count). The summed E-state index contributed by atoms with van der Waals surface area (Å²) in [6.45, 7) is 10.9. The van der Waals surface area contributed by atoms with Gasteiger partial charge in [-0.2, -0.15) is 0 Å². The second kappa shape index (κ2) is 5.57. The molecule has 2 unspecified atom stereocenters. The average Bonchev–Trinajstić information content (AvgIpc) is 2.84. The number of hydrogen-bond donors (Lipinski definition) is 1. The van der Waals surface area contributed by atoms with Crippen molar-refractivity contribution in [2.75, 3.05) is 18.5 Å². The second-order valence-electron chi connectivity index (χ2n) is 5.89. The van der Waals surface area contributed by atoms with E-state index in [0.29, 0.717) is 6.04 Å². The Balaban J connectivity index is 1.94. The minimum absolute atomic E-state index is 0.528. The summed E-state index contributed by atoms with van der Waals surface area (Å²) in [6.07, 6.45) is 1.39. The van der Waals surface area contributed by atoms with E-state index in [0.717, 1.165) is 24.9 Å². The summed E-state index contributed by atoms with van der Waals surface area (Å²) in [4.78, 5) is 8.39. The molecule has 0 saturated heterocycles. The molecule has 1 aliphatic rings. The first kappa shape index (κ1) is 13.8. The van der Waals surface area contributed by atoms with Gasteiger partial charge in [0.15, 0.2) is 5.13 Å². The third-order valence-corrected chi connectivity index (χ3v) is 4.93. The smallest absolute Gasteiger partial charge is 0.185 e. The molecule has 0 radical (unpaired) electrons. The van der Waals surface area contributed by atoms with E-state index >= 15 is 0 Å². The fraction of sp³-hybridized carbons (Fsp3) is 0.786. The molecule has 1 aromatic rings. The van der Waals surface area contributed by atoms with Crippen molar-refractivity contribution in [2.24, 2.45) is 11.8 Å². The van der Waals surface area contributed by atoms with Crippen molar-refractivity contribution in [1.29, 1.82) is 0 Å². The predicted molar refractivity (Wildman–Crippen MR) is 79.4 cm³/mol. The van der Waals surface area contributed by atoms with Crippen LogP contribution in [0.1, 0.15) is 37.8 Å². The molecule has 1 fully saturated rings. The highest BCUT2D eigenvalue weighted by molar-refractivity contribution is 7.15. The van der Waals surface area contributed by atoms with E-state index in [1.807, 2.05) is 11.3 Å². The van der Waals surface area contributed by atoms with E-state index in [9.17, 15) is 0 Å². The number of aromatic nitrogens is 1. The number of thiazole rings is 1. The summed E-state index contributed by atoms with van der Waals surface area (Å²) in [7, 11) is 2.17. The van der Waals surface area contributed by atoms with Crippen molar-refractivity contribution in [1.82, 2.24) is 10.3 Å². The van der Waals surface area contributed by atoms with Crippen LogP contribution in [0, 0.1) is 18.8 Å². The van der Waals surface area contributed by atoms with Crippen molar-refractivity contribution in [2.45, 2.75) is 46.7 Å². The number of rotatable bonds is 6. The Morgan fingerprint density at radius 2 is 2.17 bits per heavy atom. The Morgan fingerprint density at radius 3 is 2.72 bits per heavy atom. The lowest BCUT2D eigenvalue weighted by atomic mass is 10.3. The van der Waals surface area contributed by atoms with Gasteiger partial charge >= 0.3 is 0 Å². The van der Waals surface area contributed by atoms with E-state index in [4.69, 9.17) is 4.98 Å². The van der Waals surface area contributed by atoms with Gasteiger partial charge in [-0.3, -0.25) is 0 Å². The van der Waals surface area contributed by atoms with Gasteiger partial charge in [-0.25, -0.2) is 4.98 Å². The fourth-order valence-corrected chi connectivity index (χ4v) is 3.10. The average molecular weight is 267 g/mol. The van der Waals surface area contributed by atoms with Crippen LogP contribution < -0.4 is 10.2 Å². The summed E-state index contributed by atoms with van der Waals surface area (Å²) >= 11 is 1.83. The monoisotopic (exact) mass is 267 g/mol. The zero-order chi connectivity index (χ0) is 13.3. The molecule has 0 amide bonds. The van der Waals surface area contributed by atoms with Gasteiger partial charge in [0.1, 0.15) is 0 Å². The molecular formula is C14H25N3S. The number of hydrogen-bond acceptors (Lipinski definition) is 4. The highest BCUT2D eigenvalue weighted by atomic mass is 32.1. The summed E-state index contributed by atoms with van der Waals surface area (Å²) < 4.78 is 0. The van der Waals surface area contributed by atoms with Gasteiger partial charge in [-0.1, -0.05) is 20.8 Å². The van der Waals surface area contributed by atoms with E-state index in [-0.39, 0.29) is 0 Å². The molecule has 3 nitrogen and oxygen atoms in total. The Labute approximate surface area is 115 Å². The van der Waals surface area contributed by atoms with Crippen LogP contribution in [0.3, 0.4) is 0 Å². The van der Waals surface area contributed by atoms with E-state index in [1.54, 1.807) is 0 Å². The van der Waals surface area contributed by atoms with Crippen molar-refractivity contribution >= 4 is 16.5 Å². The van der Waals surface area contributed by atoms with E-state index < -0.39 is 0 Å². The Bertz CT molecular complexity index is 400. The van der Waals surface area contributed by atoms with E-state index in [1.165, 1.54) is 22.1 Å². The molecule has 1 aliphatic carbocycles. The van der Waals surface area contributed by atoms with Crippen LogP contribution in [0.25, 0.3) is 0 Å². The highest BCUT2D eigenvalue weighted by Gasteiger charge is 2.33. The zero-order valence-corrected chi connectivity index (χ0v) is 13.0. The maximum atomic E-state index is 4.70. The minimum atomic E-state index is 0.528. The van der Waals surface area contributed by atoms with Crippen LogP contribution in [0.15, 0.2) is 0 Å². The fourth-order valence-electron chi connectivity index (χ4n) is 2.12. The lowest BCUT2D eigenvalue weighted by molar-refractivity contribution is 0.591. The number of nitrogens with zero attached hydrogens (tertiary/aromatic N) is 2. The van der Waals surface area contributed by atoms with Crippen molar-refractivity contribution in [3.8, 4) is 0 Å². The number of aryl methyl sites for hydroxylation is 1. The summed E-state index contributed by atoms with van der Waals surface area (Å²) in [6, 6.07) is 0.528. The van der Waals surface area contributed by atoms with Gasteiger partial charge in [0.25, 0.3) is 0 Å². The molecule has 4 heteroatoms. The molecule has 0 spiro atoms. The molecular weight excluding hydrogens is 242 g/mol. The molecule has 102 valence electrons. The zero-order valence-electron chi connectivity index (χ0n) is 12.2. The van der Waals surface area contributed by atoms with Gasteiger partial charge in [0.05, 0.1) is 5.69 Å². The van der Waals surface area contributed by atoms with Gasteiger partial charge < -0.3 is 10.2 Å². The maximum absolute atomic E-state index is 4.70. The van der Waals surface area contributed by atoms with Gasteiger partial charge in [-0.05, 0) is 25.2 Å². The predicted octanol–water partition coefficient (Wildman–Crippen LogP) is 3.04.